The minimum atomic E-state index is -0.656. The fourth-order valence-electron chi connectivity index (χ4n) is 3.07. The molecule has 0 aliphatic carbocycles. The molecule has 4 rings (SSSR count). The first-order valence-corrected chi connectivity index (χ1v) is 8.07. The van der Waals surface area contributed by atoms with Crippen molar-refractivity contribution in [1.29, 1.82) is 0 Å². The number of H-pyrrole nitrogens is 1. The molecule has 0 saturated heterocycles. The first-order valence-electron chi connectivity index (χ1n) is 8.07. The van der Waals surface area contributed by atoms with Crippen LogP contribution >= 0.6 is 0 Å². The maximum absolute atomic E-state index is 13.2. The van der Waals surface area contributed by atoms with Gasteiger partial charge in [-0.2, -0.15) is 5.10 Å². The van der Waals surface area contributed by atoms with E-state index in [1.54, 1.807) is 30.5 Å². The predicted octanol–water partition coefficient (Wildman–Crippen LogP) is 3.38. The average molecular weight is 346 g/mol. The molecule has 2 aromatic heterocycles. The zero-order valence-electron chi connectivity index (χ0n) is 13.7. The number of amides is 1. The number of aromatic amines is 1. The van der Waals surface area contributed by atoms with E-state index in [9.17, 15) is 9.18 Å². The quantitative estimate of drug-likeness (QED) is 0.594. The van der Waals surface area contributed by atoms with Gasteiger partial charge in [-0.1, -0.05) is 12.1 Å². The second kappa shape index (κ2) is 6.40. The van der Waals surface area contributed by atoms with E-state index in [4.69, 9.17) is 5.73 Å². The highest BCUT2D eigenvalue weighted by atomic mass is 19.1. The molecule has 5 nitrogen and oxygen atoms in total. The van der Waals surface area contributed by atoms with E-state index in [1.165, 1.54) is 12.1 Å². The fraction of sp³-hybridized carbons (Fsp3) is 0.0500. The van der Waals surface area contributed by atoms with Crippen LogP contribution in [-0.4, -0.2) is 21.1 Å². The number of fused-ring (bicyclic) bond motifs is 1. The van der Waals surface area contributed by atoms with Gasteiger partial charge in [-0.05, 0) is 54.1 Å². The molecule has 4 aromatic rings. The van der Waals surface area contributed by atoms with Crippen LogP contribution in [0.1, 0.15) is 17.2 Å². The lowest BCUT2D eigenvalue weighted by Crippen LogP contribution is -2.23. The summed E-state index contributed by atoms with van der Waals surface area (Å²) in [6.45, 7) is 0. The molecule has 0 spiro atoms. The molecule has 128 valence electrons. The van der Waals surface area contributed by atoms with Crippen LogP contribution in [0.2, 0.25) is 0 Å². The van der Waals surface area contributed by atoms with Gasteiger partial charge in [-0.15, -0.1) is 0 Å². The van der Waals surface area contributed by atoms with Crippen LogP contribution in [0.3, 0.4) is 0 Å². The molecule has 0 radical (unpaired) electrons. The van der Waals surface area contributed by atoms with Crippen LogP contribution in [0.15, 0.2) is 66.9 Å². The zero-order chi connectivity index (χ0) is 18.1. The van der Waals surface area contributed by atoms with Crippen molar-refractivity contribution in [3.63, 3.8) is 0 Å². The van der Waals surface area contributed by atoms with E-state index in [0.29, 0.717) is 11.4 Å². The van der Waals surface area contributed by atoms with Gasteiger partial charge >= 0.3 is 0 Å². The fourth-order valence-corrected chi connectivity index (χ4v) is 3.07. The summed E-state index contributed by atoms with van der Waals surface area (Å²) in [5.74, 6) is -1.44. The summed E-state index contributed by atoms with van der Waals surface area (Å²) >= 11 is 0. The summed E-state index contributed by atoms with van der Waals surface area (Å²) in [6.07, 6.45) is 1.63. The van der Waals surface area contributed by atoms with Crippen molar-refractivity contribution in [3.05, 3.63) is 83.9 Å². The molecule has 1 amide bonds. The Morgan fingerprint density at radius 3 is 2.58 bits per heavy atom. The topological polar surface area (TPSA) is 84.7 Å². The van der Waals surface area contributed by atoms with Crippen molar-refractivity contribution >= 4 is 16.8 Å². The zero-order valence-corrected chi connectivity index (χ0v) is 13.7. The molecule has 0 aliphatic heterocycles. The highest BCUT2D eigenvalue weighted by Gasteiger charge is 2.22. The van der Waals surface area contributed by atoms with E-state index in [0.717, 1.165) is 22.0 Å². The van der Waals surface area contributed by atoms with Crippen molar-refractivity contribution in [2.45, 2.75) is 5.92 Å². The first kappa shape index (κ1) is 16.0. The number of nitrogens with zero attached hydrogens (tertiary/aromatic N) is 2. The van der Waals surface area contributed by atoms with Crippen molar-refractivity contribution in [1.82, 2.24) is 15.2 Å². The van der Waals surface area contributed by atoms with Crippen LogP contribution in [0.5, 0.6) is 0 Å². The maximum atomic E-state index is 13.2. The summed E-state index contributed by atoms with van der Waals surface area (Å²) < 4.78 is 13.2. The normalized spacial score (nSPS) is 12.2. The van der Waals surface area contributed by atoms with E-state index in [2.05, 4.69) is 15.2 Å². The largest absolute Gasteiger partial charge is 0.369 e. The highest BCUT2D eigenvalue weighted by Crippen LogP contribution is 2.31. The Morgan fingerprint density at radius 1 is 1.08 bits per heavy atom. The van der Waals surface area contributed by atoms with Gasteiger partial charge in [0, 0.05) is 17.1 Å². The minimum Gasteiger partial charge on any atom is -0.369 e. The second-order valence-electron chi connectivity index (χ2n) is 5.97. The number of carbonyl (C=O) groups excluding carboxylic acids is 1. The molecule has 2 aromatic carbocycles. The van der Waals surface area contributed by atoms with Gasteiger partial charge in [0.25, 0.3) is 0 Å². The SMILES string of the molecule is NC(=O)C(c1ccc2[nH]nc(-c3ccc(F)cc3)c2c1)c1ccccn1. The summed E-state index contributed by atoms with van der Waals surface area (Å²) in [5.41, 5.74) is 9.24. The smallest absolute Gasteiger partial charge is 0.231 e. The molecule has 6 heteroatoms. The van der Waals surface area contributed by atoms with Gasteiger partial charge in [-0.25, -0.2) is 4.39 Å². The third kappa shape index (κ3) is 2.82. The maximum Gasteiger partial charge on any atom is 0.231 e. The summed E-state index contributed by atoms with van der Waals surface area (Å²) in [7, 11) is 0. The second-order valence-corrected chi connectivity index (χ2v) is 5.97. The number of nitrogens with one attached hydrogen (secondary N) is 1. The van der Waals surface area contributed by atoms with Crippen molar-refractivity contribution < 1.29 is 9.18 Å². The molecule has 1 unspecified atom stereocenters. The lowest BCUT2D eigenvalue weighted by molar-refractivity contribution is -0.118. The number of primary amides is 1. The molecule has 2 heterocycles. The number of carbonyl (C=O) groups is 1. The third-order valence-electron chi connectivity index (χ3n) is 4.31. The van der Waals surface area contributed by atoms with Crippen LogP contribution < -0.4 is 5.73 Å². The molecule has 0 fully saturated rings. The number of pyridine rings is 1. The monoisotopic (exact) mass is 346 g/mol. The van der Waals surface area contributed by atoms with Gasteiger partial charge in [0.2, 0.25) is 5.91 Å². The Bertz CT molecular complexity index is 1070. The molecular weight excluding hydrogens is 331 g/mol. The standard InChI is InChI=1S/C20H15FN4O/c21-14-7-4-12(5-8-14)19-15-11-13(6-9-16(15)24-25-19)18(20(22)26)17-3-1-2-10-23-17/h1-11,18H,(H2,22,26)(H,24,25). The Morgan fingerprint density at radius 2 is 1.88 bits per heavy atom. The van der Waals surface area contributed by atoms with Crippen molar-refractivity contribution in [2.75, 3.05) is 0 Å². The lowest BCUT2D eigenvalue weighted by atomic mass is 9.92. The summed E-state index contributed by atoms with van der Waals surface area (Å²) in [4.78, 5) is 16.4. The number of benzene rings is 2. The molecule has 26 heavy (non-hydrogen) atoms. The number of nitrogens with two attached hydrogens (primary N) is 1. The average Bonchev–Trinajstić information content (AvgIpc) is 3.06. The summed E-state index contributed by atoms with van der Waals surface area (Å²) in [6, 6.07) is 17.1. The van der Waals surface area contributed by atoms with Crippen LogP contribution in [0.4, 0.5) is 4.39 Å². The van der Waals surface area contributed by atoms with Crippen LogP contribution in [-0.2, 0) is 4.79 Å². The van der Waals surface area contributed by atoms with E-state index in [-0.39, 0.29) is 5.82 Å². The van der Waals surface area contributed by atoms with Crippen molar-refractivity contribution in [3.8, 4) is 11.3 Å². The van der Waals surface area contributed by atoms with Gasteiger partial charge < -0.3 is 5.73 Å². The number of hydrogen-bond donors (Lipinski definition) is 2. The number of hydrogen-bond acceptors (Lipinski definition) is 3. The predicted molar refractivity (Wildman–Crippen MR) is 96.8 cm³/mol. The molecule has 0 bridgehead atoms. The van der Waals surface area contributed by atoms with Crippen molar-refractivity contribution in [2.24, 2.45) is 5.73 Å². The van der Waals surface area contributed by atoms with Gasteiger partial charge in [0.05, 0.1) is 16.9 Å². The Balaban J connectivity index is 1.85. The Hall–Kier alpha value is -3.54. The van der Waals surface area contributed by atoms with E-state index in [1.807, 2.05) is 24.3 Å². The third-order valence-corrected chi connectivity index (χ3v) is 4.31. The van der Waals surface area contributed by atoms with Crippen LogP contribution in [0, 0.1) is 5.82 Å². The minimum absolute atomic E-state index is 0.307. The summed E-state index contributed by atoms with van der Waals surface area (Å²) in [5, 5.41) is 8.12. The first-order chi connectivity index (χ1) is 12.6. The van der Waals surface area contributed by atoms with Gasteiger partial charge in [-0.3, -0.25) is 14.9 Å². The molecular formula is C20H15FN4O. The molecule has 0 aliphatic rings. The Kier molecular flexibility index (Phi) is 3.93. The van der Waals surface area contributed by atoms with E-state index >= 15 is 0 Å². The lowest BCUT2D eigenvalue weighted by Gasteiger charge is -2.13. The van der Waals surface area contributed by atoms with E-state index < -0.39 is 11.8 Å². The number of halogens is 1. The molecule has 1 atom stereocenters. The number of aromatic nitrogens is 3. The Labute approximate surface area is 148 Å². The number of rotatable bonds is 4. The van der Waals surface area contributed by atoms with Crippen LogP contribution in [0.25, 0.3) is 22.2 Å². The van der Waals surface area contributed by atoms with Gasteiger partial charge in [0.1, 0.15) is 11.7 Å². The molecule has 3 N–H and O–H groups in total. The van der Waals surface area contributed by atoms with Gasteiger partial charge in [0.15, 0.2) is 0 Å². The highest BCUT2D eigenvalue weighted by molar-refractivity contribution is 5.95. The molecule has 0 saturated carbocycles.